The van der Waals surface area contributed by atoms with Crippen LogP contribution in [-0.4, -0.2) is 30.0 Å². The van der Waals surface area contributed by atoms with Gasteiger partial charge in [-0.1, -0.05) is 0 Å². The molecule has 1 heterocycles. The number of ether oxygens (including phenoxy) is 1. The third-order valence-electron chi connectivity index (χ3n) is 3.62. The number of nitrogen functional groups attached to an aromatic ring is 1. The van der Waals surface area contributed by atoms with E-state index in [-0.39, 0.29) is 11.4 Å². The first kappa shape index (κ1) is 12.7. The first-order valence-electron chi connectivity index (χ1n) is 6.21. The first-order chi connectivity index (χ1) is 8.45. The van der Waals surface area contributed by atoms with Crippen LogP contribution in [0.25, 0.3) is 0 Å². The lowest BCUT2D eigenvalue weighted by Gasteiger charge is -2.31. The number of anilines is 1. The zero-order valence-electron chi connectivity index (χ0n) is 11.2. The number of carbonyl (C=O) groups is 1. The minimum absolute atomic E-state index is 0.0480. The average Bonchev–Trinajstić information content (AvgIpc) is 2.68. The van der Waals surface area contributed by atoms with Crippen molar-refractivity contribution in [2.45, 2.75) is 32.2 Å². The summed E-state index contributed by atoms with van der Waals surface area (Å²) in [6.45, 7) is 5.02. The Morgan fingerprint density at radius 3 is 2.67 bits per heavy atom. The molecular weight excluding hydrogens is 228 g/mol. The summed E-state index contributed by atoms with van der Waals surface area (Å²) < 4.78 is 5.10. The summed E-state index contributed by atoms with van der Waals surface area (Å²) in [5, 5.41) is 0. The molecule has 0 aromatic heterocycles. The maximum atomic E-state index is 12.4. The van der Waals surface area contributed by atoms with Gasteiger partial charge in [-0.2, -0.15) is 0 Å². The Hall–Kier alpha value is -1.71. The van der Waals surface area contributed by atoms with Crippen LogP contribution in [0.15, 0.2) is 18.2 Å². The van der Waals surface area contributed by atoms with Crippen LogP contribution < -0.4 is 10.5 Å². The number of hydrogen-bond acceptors (Lipinski definition) is 3. The molecule has 0 aliphatic carbocycles. The molecule has 1 saturated heterocycles. The van der Waals surface area contributed by atoms with Crippen molar-refractivity contribution in [1.29, 1.82) is 0 Å². The Morgan fingerprint density at radius 2 is 2.17 bits per heavy atom. The predicted octanol–water partition coefficient (Wildman–Crippen LogP) is 2.29. The molecule has 18 heavy (non-hydrogen) atoms. The second-order valence-electron chi connectivity index (χ2n) is 5.33. The highest BCUT2D eigenvalue weighted by Crippen LogP contribution is 2.31. The van der Waals surface area contributed by atoms with Crippen molar-refractivity contribution in [2.24, 2.45) is 0 Å². The number of carbonyl (C=O) groups excluding carboxylic acids is 1. The number of amides is 1. The minimum Gasteiger partial charge on any atom is -0.495 e. The van der Waals surface area contributed by atoms with Gasteiger partial charge in [0.15, 0.2) is 0 Å². The summed E-state index contributed by atoms with van der Waals surface area (Å²) in [6, 6.07) is 5.20. The molecule has 1 aliphatic heterocycles. The molecule has 4 heteroatoms. The summed E-state index contributed by atoms with van der Waals surface area (Å²) >= 11 is 0. The summed E-state index contributed by atoms with van der Waals surface area (Å²) in [4.78, 5) is 14.4. The Labute approximate surface area is 108 Å². The fourth-order valence-electron chi connectivity index (χ4n) is 2.51. The van der Waals surface area contributed by atoms with Crippen LogP contribution in [0, 0.1) is 0 Å². The van der Waals surface area contributed by atoms with Gasteiger partial charge in [-0.05, 0) is 44.9 Å². The van der Waals surface area contributed by atoms with E-state index in [1.54, 1.807) is 25.3 Å². The number of hydrogen-bond donors (Lipinski definition) is 1. The van der Waals surface area contributed by atoms with Crippen molar-refractivity contribution >= 4 is 11.6 Å². The zero-order valence-corrected chi connectivity index (χ0v) is 11.2. The molecule has 1 amide bonds. The van der Waals surface area contributed by atoms with E-state index in [4.69, 9.17) is 10.5 Å². The largest absolute Gasteiger partial charge is 0.495 e. The molecule has 1 aliphatic rings. The second kappa shape index (κ2) is 4.52. The van der Waals surface area contributed by atoms with E-state index in [1.165, 1.54) is 0 Å². The van der Waals surface area contributed by atoms with Crippen molar-refractivity contribution in [2.75, 3.05) is 19.4 Å². The standard InChI is InChI=1S/C14H20N2O2/c1-14(2)7-4-8-16(14)13(17)10-5-6-12(18-3)11(15)9-10/h5-6,9H,4,7-8,15H2,1-3H3. The van der Waals surface area contributed by atoms with Crippen molar-refractivity contribution in [3.8, 4) is 5.75 Å². The van der Waals surface area contributed by atoms with Gasteiger partial charge in [0.1, 0.15) is 5.75 Å². The van der Waals surface area contributed by atoms with Crippen LogP contribution in [0.2, 0.25) is 0 Å². The van der Waals surface area contributed by atoms with E-state index in [2.05, 4.69) is 13.8 Å². The molecule has 2 N–H and O–H groups in total. The molecule has 0 atom stereocenters. The summed E-state index contributed by atoms with van der Waals surface area (Å²) in [6.07, 6.45) is 2.11. The molecule has 98 valence electrons. The summed E-state index contributed by atoms with van der Waals surface area (Å²) in [5.74, 6) is 0.652. The molecule has 1 aromatic carbocycles. The molecule has 1 fully saturated rings. The number of methoxy groups -OCH3 is 1. The number of nitrogens with two attached hydrogens (primary N) is 1. The van der Waals surface area contributed by atoms with Crippen LogP contribution in [0.1, 0.15) is 37.0 Å². The molecule has 0 spiro atoms. The maximum Gasteiger partial charge on any atom is 0.254 e. The third-order valence-corrected chi connectivity index (χ3v) is 3.62. The molecule has 0 saturated carbocycles. The fourth-order valence-corrected chi connectivity index (χ4v) is 2.51. The fraction of sp³-hybridized carbons (Fsp3) is 0.500. The number of rotatable bonds is 2. The van der Waals surface area contributed by atoms with Crippen LogP contribution in [0.3, 0.4) is 0 Å². The molecule has 2 rings (SSSR count). The van der Waals surface area contributed by atoms with Gasteiger partial charge in [0, 0.05) is 17.6 Å². The van der Waals surface area contributed by atoms with Crippen LogP contribution >= 0.6 is 0 Å². The van der Waals surface area contributed by atoms with Crippen molar-refractivity contribution in [3.05, 3.63) is 23.8 Å². The van der Waals surface area contributed by atoms with E-state index >= 15 is 0 Å². The van der Waals surface area contributed by atoms with E-state index in [0.717, 1.165) is 19.4 Å². The van der Waals surface area contributed by atoms with Gasteiger partial charge in [-0.3, -0.25) is 4.79 Å². The molecule has 1 aromatic rings. The summed E-state index contributed by atoms with van der Waals surface area (Å²) in [5.41, 5.74) is 6.90. The Kier molecular flexibility index (Phi) is 3.20. The van der Waals surface area contributed by atoms with Crippen molar-refractivity contribution in [1.82, 2.24) is 4.90 Å². The van der Waals surface area contributed by atoms with Crippen LogP contribution in [-0.2, 0) is 0 Å². The normalized spacial score (nSPS) is 17.8. The van der Waals surface area contributed by atoms with Crippen LogP contribution in [0.4, 0.5) is 5.69 Å². The van der Waals surface area contributed by atoms with Crippen molar-refractivity contribution < 1.29 is 9.53 Å². The van der Waals surface area contributed by atoms with Gasteiger partial charge >= 0.3 is 0 Å². The first-order valence-corrected chi connectivity index (χ1v) is 6.21. The van der Waals surface area contributed by atoms with E-state index < -0.39 is 0 Å². The highest BCUT2D eigenvalue weighted by molar-refractivity contribution is 5.96. The predicted molar refractivity (Wildman–Crippen MR) is 71.8 cm³/mol. The second-order valence-corrected chi connectivity index (χ2v) is 5.33. The quantitative estimate of drug-likeness (QED) is 0.817. The van der Waals surface area contributed by atoms with Gasteiger partial charge in [0.2, 0.25) is 0 Å². The number of nitrogens with zero attached hydrogens (tertiary/aromatic N) is 1. The third kappa shape index (κ3) is 2.15. The highest BCUT2D eigenvalue weighted by atomic mass is 16.5. The minimum atomic E-state index is -0.0637. The smallest absolute Gasteiger partial charge is 0.254 e. The lowest BCUT2D eigenvalue weighted by molar-refractivity contribution is 0.0652. The average molecular weight is 248 g/mol. The van der Waals surface area contributed by atoms with E-state index in [9.17, 15) is 4.79 Å². The van der Waals surface area contributed by atoms with Crippen molar-refractivity contribution in [3.63, 3.8) is 0 Å². The highest BCUT2D eigenvalue weighted by Gasteiger charge is 2.35. The lowest BCUT2D eigenvalue weighted by Crippen LogP contribution is -2.42. The van der Waals surface area contributed by atoms with Gasteiger partial charge in [0.05, 0.1) is 12.8 Å². The molecular formula is C14H20N2O2. The Morgan fingerprint density at radius 1 is 1.44 bits per heavy atom. The van der Waals surface area contributed by atoms with Gasteiger partial charge in [-0.15, -0.1) is 0 Å². The summed E-state index contributed by atoms with van der Waals surface area (Å²) in [7, 11) is 1.57. The van der Waals surface area contributed by atoms with Gasteiger partial charge < -0.3 is 15.4 Å². The zero-order chi connectivity index (χ0) is 13.3. The number of likely N-dealkylation sites (tertiary alicyclic amines) is 1. The van der Waals surface area contributed by atoms with E-state index in [1.807, 2.05) is 4.90 Å². The van der Waals surface area contributed by atoms with Gasteiger partial charge in [0.25, 0.3) is 5.91 Å². The Balaban J connectivity index is 2.27. The topological polar surface area (TPSA) is 55.6 Å². The van der Waals surface area contributed by atoms with Crippen LogP contribution in [0.5, 0.6) is 5.75 Å². The SMILES string of the molecule is COc1ccc(C(=O)N2CCCC2(C)C)cc1N. The molecule has 0 bridgehead atoms. The number of benzene rings is 1. The Bertz CT molecular complexity index is 469. The van der Waals surface area contributed by atoms with Gasteiger partial charge in [-0.25, -0.2) is 0 Å². The molecule has 0 radical (unpaired) electrons. The maximum absolute atomic E-state index is 12.4. The lowest BCUT2D eigenvalue weighted by atomic mass is 10.0. The van der Waals surface area contributed by atoms with E-state index in [0.29, 0.717) is 17.0 Å². The monoisotopic (exact) mass is 248 g/mol. The molecule has 4 nitrogen and oxygen atoms in total. The molecule has 0 unspecified atom stereocenters.